The Bertz CT molecular complexity index is 413. The maximum Gasteiger partial charge on any atom is 0.236 e. The molecule has 3 nitrogen and oxygen atoms in total. The van der Waals surface area contributed by atoms with E-state index in [9.17, 15) is 9.59 Å². The fourth-order valence-electron chi connectivity index (χ4n) is 1.71. The zero-order chi connectivity index (χ0) is 11.0. The number of amides is 2. The molecule has 1 aromatic carbocycles. The number of nitrogens with zero attached hydrogens (tertiary/aromatic N) is 1. The quantitative estimate of drug-likeness (QED) is 0.730. The van der Waals surface area contributed by atoms with Crippen LogP contribution in [0.25, 0.3) is 0 Å². The van der Waals surface area contributed by atoms with Crippen LogP contribution in [0.1, 0.15) is 17.9 Å². The molecule has 2 rings (SSSR count). The van der Waals surface area contributed by atoms with Gasteiger partial charge >= 0.3 is 0 Å². The van der Waals surface area contributed by atoms with Gasteiger partial charge in [-0.2, -0.15) is 0 Å². The van der Waals surface area contributed by atoms with Crippen molar-refractivity contribution in [2.45, 2.75) is 12.3 Å². The predicted octanol–water partition coefficient (Wildman–Crippen LogP) is 1.92. The van der Waals surface area contributed by atoms with Gasteiger partial charge in [-0.15, -0.1) is 0 Å². The van der Waals surface area contributed by atoms with Gasteiger partial charge in [0.25, 0.3) is 0 Å². The Morgan fingerprint density at radius 2 is 1.87 bits per heavy atom. The Hall–Kier alpha value is -1.16. The molecule has 1 unspecified atom stereocenters. The molecular formula is C11H10BrNO2. The third kappa shape index (κ3) is 1.81. The van der Waals surface area contributed by atoms with Crippen molar-refractivity contribution in [3.05, 3.63) is 34.3 Å². The van der Waals surface area contributed by atoms with E-state index in [-0.39, 0.29) is 24.2 Å². The molecule has 0 N–H and O–H groups in total. The van der Waals surface area contributed by atoms with Crippen molar-refractivity contribution in [1.82, 2.24) is 4.90 Å². The van der Waals surface area contributed by atoms with E-state index in [4.69, 9.17) is 0 Å². The lowest BCUT2D eigenvalue weighted by Gasteiger charge is -2.08. The highest BCUT2D eigenvalue weighted by molar-refractivity contribution is 9.10. The highest BCUT2D eigenvalue weighted by Gasteiger charge is 2.36. The van der Waals surface area contributed by atoms with Crippen LogP contribution in [0.4, 0.5) is 0 Å². The van der Waals surface area contributed by atoms with E-state index in [0.717, 1.165) is 10.0 Å². The molecule has 1 aliphatic rings. The second-order valence-electron chi connectivity index (χ2n) is 3.60. The van der Waals surface area contributed by atoms with Gasteiger partial charge in [0.1, 0.15) is 0 Å². The van der Waals surface area contributed by atoms with Crippen LogP contribution in [0.2, 0.25) is 0 Å². The van der Waals surface area contributed by atoms with Crippen molar-refractivity contribution in [3.8, 4) is 0 Å². The summed E-state index contributed by atoms with van der Waals surface area (Å²) in [7, 11) is 1.53. The second-order valence-corrected chi connectivity index (χ2v) is 4.51. The molecule has 1 heterocycles. The van der Waals surface area contributed by atoms with Crippen LogP contribution in [0, 0.1) is 0 Å². The Balaban J connectivity index is 2.29. The van der Waals surface area contributed by atoms with E-state index in [1.165, 1.54) is 11.9 Å². The van der Waals surface area contributed by atoms with E-state index < -0.39 is 0 Å². The molecule has 0 radical (unpaired) electrons. The average Bonchev–Trinajstić information content (AvgIpc) is 2.47. The maximum atomic E-state index is 11.7. The van der Waals surface area contributed by atoms with Gasteiger partial charge in [-0.05, 0) is 17.7 Å². The van der Waals surface area contributed by atoms with Gasteiger partial charge in [0.05, 0.1) is 5.92 Å². The fourth-order valence-corrected chi connectivity index (χ4v) is 1.98. The van der Waals surface area contributed by atoms with Gasteiger partial charge in [0, 0.05) is 17.9 Å². The van der Waals surface area contributed by atoms with Gasteiger partial charge in [-0.3, -0.25) is 14.5 Å². The maximum absolute atomic E-state index is 11.7. The Kier molecular flexibility index (Phi) is 2.61. The standard InChI is InChI=1S/C11H10BrNO2/c1-13-10(14)6-9(11(13)15)7-2-4-8(12)5-3-7/h2-5,9H,6H2,1H3. The molecule has 0 bridgehead atoms. The summed E-state index contributed by atoms with van der Waals surface area (Å²) in [6.07, 6.45) is 0.289. The fraction of sp³-hybridized carbons (Fsp3) is 0.273. The number of carbonyl (C=O) groups is 2. The number of benzene rings is 1. The number of likely N-dealkylation sites (N-methyl/N-ethyl adjacent to an activating group) is 1. The van der Waals surface area contributed by atoms with Gasteiger partial charge in [0.15, 0.2) is 0 Å². The van der Waals surface area contributed by atoms with Crippen LogP contribution in [0.5, 0.6) is 0 Å². The molecule has 15 heavy (non-hydrogen) atoms. The first-order valence-corrected chi connectivity index (χ1v) is 5.45. The van der Waals surface area contributed by atoms with Crippen molar-refractivity contribution in [2.75, 3.05) is 7.05 Å². The highest BCUT2D eigenvalue weighted by atomic mass is 79.9. The lowest BCUT2D eigenvalue weighted by Crippen LogP contribution is -2.25. The van der Waals surface area contributed by atoms with Gasteiger partial charge in [-0.1, -0.05) is 28.1 Å². The lowest BCUT2D eigenvalue weighted by molar-refractivity contribution is -0.137. The molecule has 78 valence electrons. The summed E-state index contributed by atoms with van der Waals surface area (Å²) in [4.78, 5) is 24.2. The molecule has 0 spiro atoms. The first-order valence-electron chi connectivity index (χ1n) is 4.65. The second kappa shape index (κ2) is 3.77. The summed E-state index contributed by atoms with van der Waals surface area (Å²) >= 11 is 3.33. The molecule has 0 saturated carbocycles. The molecule has 1 atom stereocenters. The van der Waals surface area contributed by atoms with E-state index in [0.29, 0.717) is 0 Å². The number of likely N-dealkylation sites (tertiary alicyclic amines) is 1. The molecule has 1 fully saturated rings. The van der Waals surface area contributed by atoms with Gasteiger partial charge in [-0.25, -0.2) is 0 Å². The predicted molar refractivity (Wildman–Crippen MR) is 59.3 cm³/mol. The smallest absolute Gasteiger partial charge is 0.236 e. The van der Waals surface area contributed by atoms with Crippen LogP contribution < -0.4 is 0 Å². The Morgan fingerprint density at radius 1 is 1.27 bits per heavy atom. The van der Waals surface area contributed by atoms with Crippen LogP contribution in [-0.2, 0) is 9.59 Å². The zero-order valence-electron chi connectivity index (χ0n) is 8.24. The molecule has 2 amide bonds. The molecule has 1 aromatic rings. The van der Waals surface area contributed by atoms with E-state index >= 15 is 0 Å². The van der Waals surface area contributed by atoms with Crippen LogP contribution in [-0.4, -0.2) is 23.8 Å². The van der Waals surface area contributed by atoms with Crippen LogP contribution >= 0.6 is 15.9 Å². The number of hydrogen-bond acceptors (Lipinski definition) is 2. The van der Waals surface area contributed by atoms with Crippen molar-refractivity contribution in [1.29, 1.82) is 0 Å². The number of carbonyl (C=O) groups excluding carboxylic acids is 2. The monoisotopic (exact) mass is 267 g/mol. The SMILES string of the molecule is CN1C(=O)CC(c2ccc(Br)cc2)C1=O. The van der Waals surface area contributed by atoms with Crippen molar-refractivity contribution in [2.24, 2.45) is 0 Å². The Morgan fingerprint density at radius 3 is 2.33 bits per heavy atom. The van der Waals surface area contributed by atoms with Crippen LogP contribution in [0.3, 0.4) is 0 Å². The van der Waals surface area contributed by atoms with Crippen molar-refractivity contribution >= 4 is 27.7 Å². The molecule has 0 aliphatic carbocycles. The number of hydrogen-bond donors (Lipinski definition) is 0. The summed E-state index contributed by atoms with van der Waals surface area (Å²) in [5.41, 5.74) is 0.904. The molecule has 1 aliphatic heterocycles. The van der Waals surface area contributed by atoms with Gasteiger partial charge in [0.2, 0.25) is 11.8 Å². The first-order chi connectivity index (χ1) is 7.09. The topological polar surface area (TPSA) is 37.4 Å². The normalized spacial score (nSPS) is 21.2. The lowest BCUT2D eigenvalue weighted by atomic mass is 9.98. The summed E-state index contributed by atoms with van der Waals surface area (Å²) in [5.74, 6) is -0.508. The van der Waals surface area contributed by atoms with Crippen molar-refractivity contribution < 1.29 is 9.59 Å². The summed E-state index contributed by atoms with van der Waals surface area (Å²) in [6.45, 7) is 0. The molecule has 0 aromatic heterocycles. The largest absolute Gasteiger partial charge is 0.285 e. The number of imide groups is 1. The van der Waals surface area contributed by atoms with E-state index in [2.05, 4.69) is 15.9 Å². The van der Waals surface area contributed by atoms with Crippen molar-refractivity contribution in [3.63, 3.8) is 0 Å². The average molecular weight is 268 g/mol. The van der Waals surface area contributed by atoms with Crippen LogP contribution in [0.15, 0.2) is 28.7 Å². The number of halogens is 1. The zero-order valence-corrected chi connectivity index (χ0v) is 9.82. The minimum atomic E-state index is -0.296. The summed E-state index contributed by atoms with van der Waals surface area (Å²) < 4.78 is 0.969. The summed E-state index contributed by atoms with van der Waals surface area (Å²) in [6, 6.07) is 7.51. The molecule has 4 heteroatoms. The summed E-state index contributed by atoms with van der Waals surface area (Å²) in [5, 5.41) is 0. The highest BCUT2D eigenvalue weighted by Crippen LogP contribution is 2.29. The molecular weight excluding hydrogens is 258 g/mol. The first kappa shape index (κ1) is 10.4. The van der Waals surface area contributed by atoms with E-state index in [1.54, 1.807) is 0 Å². The Labute approximate surface area is 96.2 Å². The minimum absolute atomic E-state index is 0.104. The third-order valence-electron chi connectivity index (χ3n) is 2.65. The van der Waals surface area contributed by atoms with E-state index in [1.807, 2.05) is 24.3 Å². The minimum Gasteiger partial charge on any atom is -0.285 e. The van der Waals surface area contributed by atoms with Gasteiger partial charge < -0.3 is 0 Å². The molecule has 1 saturated heterocycles. The number of rotatable bonds is 1. The third-order valence-corrected chi connectivity index (χ3v) is 3.18.